The van der Waals surface area contributed by atoms with Gasteiger partial charge in [-0.15, -0.1) is 11.3 Å². The first kappa shape index (κ1) is 17.5. The van der Waals surface area contributed by atoms with Crippen LogP contribution < -0.4 is 5.73 Å². The average Bonchev–Trinajstić information content (AvgIpc) is 3.39. The van der Waals surface area contributed by atoms with E-state index in [0.717, 1.165) is 36.4 Å². The topological polar surface area (TPSA) is 84.2 Å². The number of nitrogens with zero attached hydrogens (tertiary/aromatic N) is 2. The summed E-state index contributed by atoms with van der Waals surface area (Å²) in [6, 6.07) is 11.6. The number of hydrogen-bond acceptors (Lipinski definition) is 5. The summed E-state index contributed by atoms with van der Waals surface area (Å²) in [5.41, 5.74) is 8.40. The smallest absolute Gasteiger partial charge is 0.270 e. The van der Waals surface area contributed by atoms with E-state index in [9.17, 15) is 4.79 Å². The predicted octanol–water partition coefficient (Wildman–Crippen LogP) is 3.42. The van der Waals surface area contributed by atoms with E-state index < -0.39 is 0 Å². The molecule has 3 aromatic heterocycles. The van der Waals surface area contributed by atoms with Gasteiger partial charge in [-0.2, -0.15) is 0 Å². The molecule has 1 saturated heterocycles. The second-order valence-corrected chi connectivity index (χ2v) is 8.50. The van der Waals surface area contributed by atoms with E-state index in [0.29, 0.717) is 24.6 Å². The van der Waals surface area contributed by atoms with Gasteiger partial charge < -0.3 is 20.4 Å². The summed E-state index contributed by atoms with van der Waals surface area (Å²) in [5, 5.41) is 0. The molecule has 28 heavy (non-hydrogen) atoms. The number of anilines is 1. The second kappa shape index (κ2) is 6.76. The molecule has 0 aromatic carbocycles. The van der Waals surface area contributed by atoms with Crippen LogP contribution in [0.3, 0.4) is 0 Å². The van der Waals surface area contributed by atoms with Gasteiger partial charge in [0.2, 0.25) is 0 Å². The molecule has 1 spiro atoms. The quantitative estimate of drug-likeness (QED) is 0.697. The average molecular weight is 395 g/mol. The predicted molar refractivity (Wildman–Crippen MR) is 109 cm³/mol. The molecule has 144 valence electrons. The number of likely N-dealkylation sites (tertiary alicyclic amines) is 1. The lowest BCUT2D eigenvalue weighted by Crippen LogP contribution is -2.48. The molecule has 5 heterocycles. The molecule has 2 aliphatic rings. The van der Waals surface area contributed by atoms with Crippen LogP contribution in [0.1, 0.15) is 33.8 Å². The van der Waals surface area contributed by atoms with E-state index in [2.05, 4.69) is 16.0 Å². The van der Waals surface area contributed by atoms with Gasteiger partial charge in [-0.3, -0.25) is 4.79 Å². The lowest BCUT2D eigenvalue weighted by atomic mass is 9.82. The Morgan fingerprint density at radius 1 is 1.25 bits per heavy atom. The highest BCUT2D eigenvalue weighted by Crippen LogP contribution is 2.46. The van der Waals surface area contributed by atoms with Crippen molar-refractivity contribution in [2.24, 2.45) is 0 Å². The van der Waals surface area contributed by atoms with Crippen LogP contribution in [0.4, 0.5) is 5.82 Å². The summed E-state index contributed by atoms with van der Waals surface area (Å²) in [6.45, 7) is 2.11. The van der Waals surface area contributed by atoms with Crippen molar-refractivity contribution >= 4 is 23.1 Å². The molecule has 0 bridgehead atoms. The fraction of sp³-hybridized carbons (Fsp3) is 0.333. The van der Waals surface area contributed by atoms with Crippen LogP contribution in [-0.2, 0) is 16.8 Å². The molecule has 2 aliphatic heterocycles. The maximum absolute atomic E-state index is 12.6. The van der Waals surface area contributed by atoms with Crippen LogP contribution >= 0.6 is 11.3 Å². The third-order valence-electron chi connectivity index (χ3n) is 5.72. The van der Waals surface area contributed by atoms with Crippen molar-refractivity contribution < 1.29 is 9.53 Å². The number of pyridine rings is 1. The van der Waals surface area contributed by atoms with Gasteiger partial charge in [-0.1, -0.05) is 6.07 Å². The standard InChI is InChI=1S/C21H22N4O2S/c22-19-5-1-3-15(24-19)18-13-14-17(28-18)6-12-27-21(14)7-10-25(11-8-21)20(26)16-4-2-9-23-16/h1-5,9,13,23H,6-8,10-12H2,(H2,22,24). The number of amides is 1. The van der Waals surface area contributed by atoms with Crippen molar-refractivity contribution in [3.8, 4) is 10.6 Å². The number of nitrogens with one attached hydrogen (secondary N) is 1. The number of nitrogen functional groups attached to an aromatic ring is 1. The second-order valence-electron chi connectivity index (χ2n) is 7.36. The number of carbonyl (C=O) groups excluding carboxylic acids is 1. The summed E-state index contributed by atoms with van der Waals surface area (Å²) in [5.74, 6) is 0.594. The van der Waals surface area contributed by atoms with Gasteiger partial charge in [0.15, 0.2) is 0 Å². The van der Waals surface area contributed by atoms with Crippen molar-refractivity contribution in [3.05, 3.63) is 58.7 Å². The summed E-state index contributed by atoms with van der Waals surface area (Å²) in [6.07, 6.45) is 4.33. The van der Waals surface area contributed by atoms with E-state index in [4.69, 9.17) is 10.5 Å². The number of aromatic amines is 1. The third kappa shape index (κ3) is 2.91. The van der Waals surface area contributed by atoms with Gasteiger partial charge in [0.05, 0.1) is 22.8 Å². The number of nitrogens with two attached hydrogens (primary N) is 1. The van der Waals surface area contributed by atoms with Crippen molar-refractivity contribution in [2.45, 2.75) is 24.9 Å². The summed E-state index contributed by atoms with van der Waals surface area (Å²) in [7, 11) is 0. The molecular formula is C21H22N4O2S. The van der Waals surface area contributed by atoms with Crippen molar-refractivity contribution in [1.82, 2.24) is 14.9 Å². The molecule has 1 fully saturated rings. The van der Waals surface area contributed by atoms with Crippen LogP contribution in [0.25, 0.3) is 10.6 Å². The van der Waals surface area contributed by atoms with Crippen molar-refractivity contribution in [1.29, 1.82) is 0 Å². The van der Waals surface area contributed by atoms with Crippen LogP contribution in [0, 0.1) is 0 Å². The van der Waals surface area contributed by atoms with Gasteiger partial charge in [0.25, 0.3) is 5.91 Å². The minimum absolute atomic E-state index is 0.0610. The van der Waals surface area contributed by atoms with Crippen molar-refractivity contribution in [2.75, 3.05) is 25.4 Å². The molecule has 7 heteroatoms. The molecule has 0 atom stereocenters. The number of ether oxygens (including phenoxy) is 1. The zero-order valence-electron chi connectivity index (χ0n) is 15.5. The van der Waals surface area contributed by atoms with E-state index in [-0.39, 0.29) is 11.5 Å². The first-order valence-corrected chi connectivity index (χ1v) is 10.4. The molecule has 6 nitrogen and oxygen atoms in total. The molecule has 0 unspecified atom stereocenters. The third-order valence-corrected chi connectivity index (χ3v) is 6.93. The highest BCUT2D eigenvalue weighted by atomic mass is 32.1. The fourth-order valence-electron chi connectivity index (χ4n) is 4.25. The first-order valence-electron chi connectivity index (χ1n) is 9.57. The Balaban J connectivity index is 1.40. The maximum atomic E-state index is 12.6. The molecule has 1 amide bonds. The fourth-order valence-corrected chi connectivity index (χ4v) is 5.45. The molecule has 0 aliphatic carbocycles. The van der Waals surface area contributed by atoms with Gasteiger partial charge in [-0.25, -0.2) is 4.98 Å². The lowest BCUT2D eigenvalue weighted by molar-refractivity contribution is -0.0926. The van der Waals surface area contributed by atoms with Gasteiger partial charge in [0.1, 0.15) is 11.5 Å². The number of H-pyrrole nitrogens is 1. The first-order chi connectivity index (χ1) is 13.6. The van der Waals surface area contributed by atoms with E-state index >= 15 is 0 Å². The van der Waals surface area contributed by atoms with E-state index in [1.807, 2.05) is 29.2 Å². The van der Waals surface area contributed by atoms with Gasteiger partial charge >= 0.3 is 0 Å². The number of hydrogen-bond donors (Lipinski definition) is 2. The lowest BCUT2D eigenvalue weighted by Gasteiger charge is -2.44. The van der Waals surface area contributed by atoms with E-state index in [1.165, 1.54) is 10.4 Å². The number of aromatic nitrogens is 2. The zero-order chi connectivity index (χ0) is 19.1. The zero-order valence-corrected chi connectivity index (χ0v) is 16.3. The van der Waals surface area contributed by atoms with Crippen LogP contribution in [0.2, 0.25) is 0 Å². The summed E-state index contributed by atoms with van der Waals surface area (Å²) in [4.78, 5) is 24.5. The number of fused-ring (bicyclic) bond motifs is 2. The molecular weight excluding hydrogens is 372 g/mol. The van der Waals surface area contributed by atoms with Crippen LogP contribution in [-0.4, -0.2) is 40.5 Å². The Bertz CT molecular complexity index is 1000. The Kier molecular flexibility index (Phi) is 4.21. The number of piperidine rings is 1. The summed E-state index contributed by atoms with van der Waals surface area (Å²) >= 11 is 1.79. The molecule has 0 saturated carbocycles. The number of rotatable bonds is 2. The minimum Gasteiger partial charge on any atom is -0.384 e. The minimum atomic E-state index is -0.296. The normalized spacial score (nSPS) is 18.2. The van der Waals surface area contributed by atoms with Crippen molar-refractivity contribution in [3.63, 3.8) is 0 Å². The Labute approximate surface area is 167 Å². The number of thiophene rings is 1. The largest absolute Gasteiger partial charge is 0.384 e. The van der Waals surface area contributed by atoms with Gasteiger partial charge in [-0.05, 0) is 48.7 Å². The molecule has 0 radical (unpaired) electrons. The Morgan fingerprint density at radius 2 is 2.11 bits per heavy atom. The van der Waals surface area contributed by atoms with Gasteiger partial charge in [0, 0.05) is 30.6 Å². The maximum Gasteiger partial charge on any atom is 0.270 e. The summed E-state index contributed by atoms with van der Waals surface area (Å²) < 4.78 is 6.34. The molecule has 3 aromatic rings. The van der Waals surface area contributed by atoms with Crippen LogP contribution in [0.5, 0.6) is 0 Å². The highest BCUT2D eigenvalue weighted by molar-refractivity contribution is 7.15. The molecule has 5 rings (SSSR count). The monoisotopic (exact) mass is 394 g/mol. The highest BCUT2D eigenvalue weighted by Gasteiger charge is 2.43. The molecule has 3 N–H and O–H groups in total. The van der Waals surface area contributed by atoms with Crippen LogP contribution in [0.15, 0.2) is 42.6 Å². The van der Waals surface area contributed by atoms with E-state index in [1.54, 1.807) is 23.6 Å². The Morgan fingerprint density at radius 3 is 2.86 bits per heavy atom. The SMILES string of the molecule is Nc1cccc(-c2cc3c(s2)CCOC32CCN(C(=O)c3ccc[nH]3)CC2)n1. The number of carbonyl (C=O) groups is 1. The Hall–Kier alpha value is -2.64.